The number of hydrogen-bond donors (Lipinski definition) is 1. The number of nitrogens with zero attached hydrogens (tertiary/aromatic N) is 2. The van der Waals surface area contributed by atoms with Crippen LogP contribution in [0.2, 0.25) is 0 Å². The van der Waals surface area contributed by atoms with Gasteiger partial charge in [0.1, 0.15) is 5.69 Å². The Morgan fingerprint density at radius 3 is 2.59 bits per heavy atom. The average molecular weight is 302 g/mol. The molecule has 0 radical (unpaired) electrons. The van der Waals surface area contributed by atoms with Gasteiger partial charge in [0, 0.05) is 19.2 Å². The quantitative estimate of drug-likeness (QED) is 0.926. The van der Waals surface area contributed by atoms with Crippen molar-refractivity contribution in [3.63, 3.8) is 0 Å². The van der Waals surface area contributed by atoms with Crippen molar-refractivity contribution in [2.24, 2.45) is 12.8 Å². The molecule has 0 saturated heterocycles. The fourth-order valence-electron chi connectivity index (χ4n) is 1.58. The number of benzene rings is 1. The molecule has 0 atom stereocenters. The molecular formula is C11H10BrF2N3. The fourth-order valence-corrected chi connectivity index (χ4v) is 2.31. The molecule has 1 aromatic heterocycles. The highest BCUT2D eigenvalue weighted by molar-refractivity contribution is 9.10. The molecule has 0 amide bonds. The van der Waals surface area contributed by atoms with Crippen LogP contribution in [0.1, 0.15) is 5.69 Å². The molecule has 0 spiro atoms. The molecule has 0 aliphatic rings. The first-order valence-electron chi connectivity index (χ1n) is 4.91. The lowest BCUT2D eigenvalue weighted by Crippen LogP contribution is -2.04. The topological polar surface area (TPSA) is 43.8 Å². The van der Waals surface area contributed by atoms with Gasteiger partial charge in [-0.3, -0.25) is 4.68 Å². The van der Waals surface area contributed by atoms with E-state index >= 15 is 0 Å². The van der Waals surface area contributed by atoms with Crippen molar-refractivity contribution < 1.29 is 8.78 Å². The SMILES string of the molecule is Cn1nc(-c2ccc(F)c(F)c2)c(Br)c1CN. The van der Waals surface area contributed by atoms with E-state index in [1.807, 2.05) is 0 Å². The molecule has 1 heterocycles. The number of halogens is 3. The molecule has 0 fully saturated rings. The maximum atomic E-state index is 13.1. The Morgan fingerprint density at radius 2 is 2.06 bits per heavy atom. The zero-order valence-electron chi connectivity index (χ0n) is 9.04. The standard InChI is InChI=1S/C11H10BrF2N3/c1-17-9(5-15)10(12)11(16-17)6-2-3-7(13)8(14)4-6/h2-4H,5,15H2,1H3. The summed E-state index contributed by atoms with van der Waals surface area (Å²) in [5, 5.41) is 4.22. The number of nitrogens with two attached hydrogens (primary N) is 1. The summed E-state index contributed by atoms with van der Waals surface area (Å²) < 4.78 is 28.3. The van der Waals surface area contributed by atoms with Gasteiger partial charge in [0.25, 0.3) is 0 Å². The Labute approximate surface area is 105 Å². The summed E-state index contributed by atoms with van der Waals surface area (Å²) in [7, 11) is 1.75. The summed E-state index contributed by atoms with van der Waals surface area (Å²) in [4.78, 5) is 0. The van der Waals surface area contributed by atoms with Gasteiger partial charge in [-0.2, -0.15) is 5.10 Å². The van der Waals surface area contributed by atoms with Crippen LogP contribution < -0.4 is 5.73 Å². The Kier molecular flexibility index (Phi) is 3.26. The molecule has 2 rings (SSSR count). The van der Waals surface area contributed by atoms with E-state index in [2.05, 4.69) is 21.0 Å². The van der Waals surface area contributed by atoms with Crippen molar-refractivity contribution >= 4 is 15.9 Å². The maximum Gasteiger partial charge on any atom is 0.159 e. The second-order valence-electron chi connectivity index (χ2n) is 3.57. The normalized spacial score (nSPS) is 10.9. The van der Waals surface area contributed by atoms with Crippen molar-refractivity contribution in [3.8, 4) is 11.3 Å². The zero-order valence-corrected chi connectivity index (χ0v) is 10.6. The molecule has 0 bridgehead atoms. The summed E-state index contributed by atoms with van der Waals surface area (Å²) >= 11 is 3.36. The minimum atomic E-state index is -0.894. The van der Waals surface area contributed by atoms with Crippen LogP contribution in [-0.4, -0.2) is 9.78 Å². The third-order valence-corrected chi connectivity index (χ3v) is 3.32. The second-order valence-corrected chi connectivity index (χ2v) is 4.36. The smallest absolute Gasteiger partial charge is 0.159 e. The third-order valence-electron chi connectivity index (χ3n) is 2.49. The first kappa shape index (κ1) is 12.2. The van der Waals surface area contributed by atoms with E-state index in [-0.39, 0.29) is 0 Å². The van der Waals surface area contributed by atoms with Gasteiger partial charge in [-0.05, 0) is 34.1 Å². The Bertz CT molecular complexity index is 566. The van der Waals surface area contributed by atoms with Crippen molar-refractivity contribution in [2.75, 3.05) is 0 Å². The molecule has 3 nitrogen and oxygen atoms in total. The summed E-state index contributed by atoms with van der Waals surface area (Å²) in [6.45, 7) is 0.313. The van der Waals surface area contributed by atoms with E-state index in [1.165, 1.54) is 6.07 Å². The van der Waals surface area contributed by atoms with Crippen LogP contribution in [0.3, 0.4) is 0 Å². The molecule has 17 heavy (non-hydrogen) atoms. The van der Waals surface area contributed by atoms with Crippen LogP contribution in [0.15, 0.2) is 22.7 Å². The molecular weight excluding hydrogens is 292 g/mol. The van der Waals surface area contributed by atoms with Gasteiger partial charge < -0.3 is 5.73 Å². The highest BCUT2D eigenvalue weighted by Crippen LogP contribution is 2.30. The minimum absolute atomic E-state index is 0.313. The molecule has 0 aliphatic heterocycles. The van der Waals surface area contributed by atoms with Gasteiger partial charge >= 0.3 is 0 Å². The van der Waals surface area contributed by atoms with Crippen molar-refractivity contribution in [2.45, 2.75) is 6.54 Å². The molecule has 6 heteroatoms. The highest BCUT2D eigenvalue weighted by atomic mass is 79.9. The van der Waals surface area contributed by atoms with Gasteiger partial charge in [0.05, 0.1) is 10.2 Å². The van der Waals surface area contributed by atoms with Gasteiger partial charge in [-0.25, -0.2) is 8.78 Å². The summed E-state index contributed by atoms with van der Waals surface area (Å²) in [5.41, 5.74) is 7.42. The lowest BCUT2D eigenvalue weighted by molar-refractivity contribution is 0.509. The van der Waals surface area contributed by atoms with Gasteiger partial charge in [0.2, 0.25) is 0 Å². The molecule has 2 aromatic rings. The molecule has 90 valence electrons. The van der Waals surface area contributed by atoms with E-state index in [9.17, 15) is 8.78 Å². The lowest BCUT2D eigenvalue weighted by Gasteiger charge is -1.99. The molecule has 0 aliphatic carbocycles. The first-order chi connectivity index (χ1) is 8.04. The van der Waals surface area contributed by atoms with Gasteiger partial charge in [-0.1, -0.05) is 0 Å². The molecule has 0 saturated carbocycles. The molecule has 0 unspecified atom stereocenters. The number of rotatable bonds is 2. The van der Waals surface area contributed by atoms with Crippen LogP contribution in [-0.2, 0) is 13.6 Å². The van der Waals surface area contributed by atoms with Crippen molar-refractivity contribution in [1.82, 2.24) is 9.78 Å². The van der Waals surface area contributed by atoms with E-state index < -0.39 is 11.6 Å². The Hall–Kier alpha value is -1.27. The number of aryl methyl sites for hydroxylation is 1. The van der Waals surface area contributed by atoms with Crippen LogP contribution in [0.5, 0.6) is 0 Å². The Morgan fingerprint density at radius 1 is 1.35 bits per heavy atom. The first-order valence-corrected chi connectivity index (χ1v) is 5.70. The summed E-state index contributed by atoms with van der Waals surface area (Å²) in [6, 6.07) is 3.67. The number of aromatic nitrogens is 2. The summed E-state index contributed by atoms with van der Waals surface area (Å²) in [5.74, 6) is -1.77. The van der Waals surface area contributed by atoms with E-state index in [0.717, 1.165) is 17.8 Å². The highest BCUT2D eigenvalue weighted by Gasteiger charge is 2.15. The van der Waals surface area contributed by atoms with Crippen molar-refractivity contribution in [3.05, 3.63) is 40.0 Å². The average Bonchev–Trinajstić information content (AvgIpc) is 2.58. The number of hydrogen-bond acceptors (Lipinski definition) is 2. The predicted octanol–water partition coefficient (Wildman–Crippen LogP) is 2.59. The third kappa shape index (κ3) is 2.10. The van der Waals surface area contributed by atoms with Gasteiger partial charge in [-0.15, -0.1) is 0 Å². The van der Waals surface area contributed by atoms with E-state index in [4.69, 9.17) is 5.73 Å². The molecule has 2 N–H and O–H groups in total. The van der Waals surface area contributed by atoms with E-state index in [1.54, 1.807) is 11.7 Å². The molecule has 1 aromatic carbocycles. The van der Waals surface area contributed by atoms with Gasteiger partial charge in [0.15, 0.2) is 11.6 Å². The predicted molar refractivity (Wildman–Crippen MR) is 64.2 cm³/mol. The van der Waals surface area contributed by atoms with Crippen LogP contribution >= 0.6 is 15.9 Å². The second kappa shape index (κ2) is 4.54. The Balaban J connectivity index is 2.57. The lowest BCUT2D eigenvalue weighted by atomic mass is 10.1. The van der Waals surface area contributed by atoms with Crippen LogP contribution in [0, 0.1) is 11.6 Å². The fraction of sp³-hybridized carbons (Fsp3) is 0.182. The van der Waals surface area contributed by atoms with E-state index in [0.29, 0.717) is 22.3 Å². The minimum Gasteiger partial charge on any atom is -0.325 e. The largest absolute Gasteiger partial charge is 0.325 e. The zero-order chi connectivity index (χ0) is 12.6. The van der Waals surface area contributed by atoms with Crippen LogP contribution in [0.4, 0.5) is 8.78 Å². The maximum absolute atomic E-state index is 13.1. The summed E-state index contributed by atoms with van der Waals surface area (Å²) in [6.07, 6.45) is 0. The van der Waals surface area contributed by atoms with Crippen molar-refractivity contribution in [1.29, 1.82) is 0 Å². The van der Waals surface area contributed by atoms with Crippen LogP contribution in [0.25, 0.3) is 11.3 Å². The monoisotopic (exact) mass is 301 g/mol.